The van der Waals surface area contributed by atoms with Gasteiger partial charge in [0.15, 0.2) is 0 Å². The van der Waals surface area contributed by atoms with Crippen molar-refractivity contribution in [3.63, 3.8) is 0 Å². The molecule has 0 bridgehead atoms. The van der Waals surface area contributed by atoms with Crippen molar-refractivity contribution in [1.29, 1.82) is 0 Å². The van der Waals surface area contributed by atoms with Gasteiger partial charge < -0.3 is 25.4 Å². The fraction of sp³-hybridized carbons (Fsp3) is 0.367. The van der Waals surface area contributed by atoms with Crippen LogP contribution in [0.25, 0.3) is 10.8 Å². The molecule has 202 valence electrons. The maximum absolute atomic E-state index is 13.9. The number of rotatable bonds is 8. The molecule has 8 heteroatoms. The van der Waals surface area contributed by atoms with E-state index in [2.05, 4.69) is 10.6 Å². The third kappa shape index (κ3) is 7.10. The number of alkyl carbamates (subject to hydrolysis) is 1. The lowest BCUT2D eigenvalue weighted by atomic mass is 9.95. The van der Waals surface area contributed by atoms with Gasteiger partial charge in [-0.3, -0.25) is 9.59 Å². The molecule has 0 aliphatic rings. The first-order valence-electron chi connectivity index (χ1n) is 12.7. The number of benzene rings is 3. The highest BCUT2D eigenvalue weighted by Crippen LogP contribution is 2.29. The molecule has 0 fully saturated rings. The Morgan fingerprint density at radius 3 is 2.32 bits per heavy atom. The maximum Gasteiger partial charge on any atom is 0.408 e. The standard InChI is InChI=1S/C30H37N3O5/c1-19-10-9-13-25(20(19)2)26(27(35)32-24-15-14-22-11-7-8-12-23(22)18-24)33(16-17-34)28(36)21(3)31-29(37)38-30(4,5)6/h7-15,18,21,26,34H,16-17H2,1-6H3,(H,31,37)(H,32,35). The Morgan fingerprint density at radius 2 is 1.66 bits per heavy atom. The van der Waals surface area contributed by atoms with Crippen LogP contribution >= 0.6 is 0 Å². The molecular formula is C30H37N3O5. The van der Waals surface area contributed by atoms with Gasteiger partial charge in [-0.2, -0.15) is 0 Å². The Bertz CT molecular complexity index is 1310. The molecule has 3 aromatic rings. The van der Waals surface area contributed by atoms with Gasteiger partial charge in [0.05, 0.1) is 6.61 Å². The van der Waals surface area contributed by atoms with Crippen LogP contribution < -0.4 is 10.6 Å². The zero-order valence-corrected chi connectivity index (χ0v) is 22.9. The quantitative estimate of drug-likeness (QED) is 0.394. The molecule has 0 aliphatic carbocycles. The van der Waals surface area contributed by atoms with Crippen LogP contribution in [-0.4, -0.2) is 52.7 Å². The number of aliphatic hydroxyl groups is 1. The minimum Gasteiger partial charge on any atom is -0.444 e. The van der Waals surface area contributed by atoms with Crippen LogP contribution in [0.5, 0.6) is 0 Å². The molecule has 0 radical (unpaired) electrons. The molecule has 0 aromatic heterocycles. The van der Waals surface area contributed by atoms with E-state index >= 15 is 0 Å². The second kappa shape index (κ2) is 12.1. The van der Waals surface area contributed by atoms with Crippen LogP contribution in [0.4, 0.5) is 10.5 Å². The predicted molar refractivity (Wildman–Crippen MR) is 149 cm³/mol. The smallest absolute Gasteiger partial charge is 0.408 e. The van der Waals surface area contributed by atoms with Crippen molar-refractivity contribution in [1.82, 2.24) is 10.2 Å². The molecule has 0 spiro atoms. The van der Waals surface area contributed by atoms with Crippen molar-refractivity contribution >= 4 is 34.4 Å². The molecule has 38 heavy (non-hydrogen) atoms. The summed E-state index contributed by atoms with van der Waals surface area (Å²) in [4.78, 5) is 41.2. The highest BCUT2D eigenvalue weighted by Gasteiger charge is 2.35. The molecule has 0 saturated heterocycles. The molecule has 2 unspecified atom stereocenters. The van der Waals surface area contributed by atoms with Gasteiger partial charge in [0.1, 0.15) is 17.7 Å². The number of hydrogen-bond donors (Lipinski definition) is 3. The zero-order chi connectivity index (χ0) is 28.0. The molecular weight excluding hydrogens is 482 g/mol. The van der Waals surface area contributed by atoms with E-state index in [0.29, 0.717) is 11.3 Å². The third-order valence-corrected chi connectivity index (χ3v) is 6.25. The van der Waals surface area contributed by atoms with Gasteiger partial charge >= 0.3 is 6.09 Å². The van der Waals surface area contributed by atoms with E-state index in [9.17, 15) is 19.5 Å². The van der Waals surface area contributed by atoms with Gasteiger partial charge in [0.25, 0.3) is 5.91 Å². The fourth-order valence-electron chi connectivity index (χ4n) is 4.27. The fourth-order valence-corrected chi connectivity index (χ4v) is 4.27. The Kier molecular flexibility index (Phi) is 9.12. The zero-order valence-electron chi connectivity index (χ0n) is 22.9. The summed E-state index contributed by atoms with van der Waals surface area (Å²) in [6.07, 6.45) is -0.744. The summed E-state index contributed by atoms with van der Waals surface area (Å²) >= 11 is 0. The first-order valence-corrected chi connectivity index (χ1v) is 12.7. The molecule has 0 aliphatic heterocycles. The largest absolute Gasteiger partial charge is 0.444 e. The topological polar surface area (TPSA) is 108 Å². The van der Waals surface area contributed by atoms with Crippen LogP contribution in [0.15, 0.2) is 60.7 Å². The molecule has 3 amide bonds. The van der Waals surface area contributed by atoms with E-state index < -0.39 is 35.6 Å². The summed E-state index contributed by atoms with van der Waals surface area (Å²) in [5.41, 5.74) is 2.30. The maximum atomic E-state index is 13.9. The Labute approximate surface area is 224 Å². The summed E-state index contributed by atoms with van der Waals surface area (Å²) in [7, 11) is 0. The van der Waals surface area contributed by atoms with Crippen molar-refractivity contribution in [2.45, 2.75) is 59.2 Å². The lowest BCUT2D eigenvalue weighted by Gasteiger charge is -2.34. The van der Waals surface area contributed by atoms with E-state index in [0.717, 1.165) is 21.9 Å². The van der Waals surface area contributed by atoms with Crippen molar-refractivity contribution in [3.05, 3.63) is 77.4 Å². The molecule has 0 saturated carbocycles. The average Bonchev–Trinajstić information content (AvgIpc) is 2.84. The molecule has 0 heterocycles. The van der Waals surface area contributed by atoms with E-state index in [1.165, 1.54) is 11.8 Å². The molecule has 2 atom stereocenters. The first-order chi connectivity index (χ1) is 17.9. The van der Waals surface area contributed by atoms with Gasteiger partial charge in [0, 0.05) is 12.2 Å². The number of aliphatic hydroxyl groups excluding tert-OH is 1. The van der Waals surface area contributed by atoms with Crippen LogP contribution in [0.2, 0.25) is 0 Å². The minimum atomic E-state index is -1.05. The lowest BCUT2D eigenvalue weighted by molar-refractivity contribution is -0.141. The van der Waals surface area contributed by atoms with E-state index in [4.69, 9.17) is 4.74 Å². The number of hydrogen-bond acceptors (Lipinski definition) is 5. The number of carbonyl (C=O) groups excluding carboxylic acids is 3. The van der Waals surface area contributed by atoms with Crippen LogP contribution in [0, 0.1) is 13.8 Å². The number of fused-ring (bicyclic) bond motifs is 1. The minimum absolute atomic E-state index is 0.109. The van der Waals surface area contributed by atoms with E-state index in [1.807, 2.05) is 68.4 Å². The summed E-state index contributed by atoms with van der Waals surface area (Å²) < 4.78 is 5.29. The summed E-state index contributed by atoms with van der Waals surface area (Å²) in [6.45, 7) is 10.1. The number of nitrogens with one attached hydrogen (secondary N) is 2. The van der Waals surface area contributed by atoms with Crippen molar-refractivity contribution in [2.75, 3.05) is 18.5 Å². The molecule has 3 rings (SSSR count). The van der Waals surface area contributed by atoms with Gasteiger partial charge in [0.2, 0.25) is 5.91 Å². The van der Waals surface area contributed by atoms with Gasteiger partial charge in [-0.1, -0.05) is 48.5 Å². The predicted octanol–water partition coefficient (Wildman–Crippen LogP) is 4.87. The number of ether oxygens (including phenoxy) is 1. The number of amides is 3. The van der Waals surface area contributed by atoms with Crippen molar-refractivity contribution in [3.8, 4) is 0 Å². The third-order valence-electron chi connectivity index (χ3n) is 6.25. The Balaban J connectivity index is 1.97. The molecule has 8 nitrogen and oxygen atoms in total. The average molecular weight is 520 g/mol. The van der Waals surface area contributed by atoms with Crippen molar-refractivity contribution < 1.29 is 24.2 Å². The number of anilines is 1. The second-order valence-electron chi connectivity index (χ2n) is 10.4. The number of aryl methyl sites for hydroxylation is 1. The van der Waals surface area contributed by atoms with Crippen molar-refractivity contribution in [2.24, 2.45) is 0 Å². The number of nitrogens with zero attached hydrogens (tertiary/aromatic N) is 1. The summed E-state index contributed by atoms with van der Waals surface area (Å²) in [6, 6.07) is 16.9. The Morgan fingerprint density at radius 1 is 0.974 bits per heavy atom. The van der Waals surface area contributed by atoms with Crippen LogP contribution in [-0.2, 0) is 14.3 Å². The van der Waals surface area contributed by atoms with Gasteiger partial charge in [-0.25, -0.2) is 4.79 Å². The Hall–Kier alpha value is -3.91. The van der Waals surface area contributed by atoms with E-state index in [1.54, 1.807) is 26.8 Å². The number of carbonyl (C=O) groups is 3. The second-order valence-corrected chi connectivity index (χ2v) is 10.4. The summed E-state index contributed by atoms with van der Waals surface area (Å²) in [5, 5.41) is 17.4. The molecule has 3 aromatic carbocycles. The van der Waals surface area contributed by atoms with E-state index in [-0.39, 0.29) is 13.2 Å². The highest BCUT2D eigenvalue weighted by atomic mass is 16.6. The molecule has 3 N–H and O–H groups in total. The van der Waals surface area contributed by atoms with Crippen LogP contribution in [0.1, 0.15) is 50.4 Å². The van der Waals surface area contributed by atoms with Gasteiger partial charge in [-0.05, 0) is 81.1 Å². The highest BCUT2D eigenvalue weighted by molar-refractivity contribution is 6.00. The summed E-state index contributed by atoms with van der Waals surface area (Å²) in [5.74, 6) is -0.954. The monoisotopic (exact) mass is 519 g/mol. The lowest BCUT2D eigenvalue weighted by Crippen LogP contribution is -2.52. The first kappa shape index (κ1) is 28.7. The van der Waals surface area contributed by atoms with Crippen LogP contribution in [0.3, 0.4) is 0 Å². The SMILES string of the molecule is Cc1cccc(C(C(=O)Nc2ccc3ccccc3c2)N(CCO)C(=O)C(C)NC(=O)OC(C)(C)C)c1C. The van der Waals surface area contributed by atoms with Gasteiger partial charge in [-0.15, -0.1) is 0 Å². The normalized spacial score (nSPS) is 12.9.